The Hall–Kier alpha value is -2.75. The van der Waals surface area contributed by atoms with Crippen LogP contribution in [0.5, 0.6) is 11.5 Å². The Labute approximate surface area is 356 Å². The van der Waals surface area contributed by atoms with E-state index in [1.165, 1.54) is 82.7 Å². The van der Waals surface area contributed by atoms with Gasteiger partial charge < -0.3 is 17.7 Å². The van der Waals surface area contributed by atoms with Gasteiger partial charge in [-0.05, 0) is 150 Å². The Morgan fingerprint density at radius 2 is 0.793 bits per heavy atom. The van der Waals surface area contributed by atoms with Crippen LogP contribution in [-0.2, 0) is 8.23 Å². The van der Waals surface area contributed by atoms with Gasteiger partial charge in [-0.25, -0.2) is 0 Å². The van der Waals surface area contributed by atoms with Crippen molar-refractivity contribution in [2.45, 2.75) is 167 Å². The normalized spacial score (nSPS) is 12.4. The first-order valence-corrected chi connectivity index (χ1v) is 35.3. The summed E-state index contributed by atoms with van der Waals surface area (Å²) in [5.74, 6) is 0.802. The molecular formula is C46H78N2O6Si4. The molecular weight excluding hydrogens is 789 g/mol. The molecule has 324 valence electrons. The summed E-state index contributed by atoms with van der Waals surface area (Å²) in [7, 11) is -5.90. The van der Waals surface area contributed by atoms with Gasteiger partial charge in [-0.15, -0.1) is 0 Å². The Bertz CT molecular complexity index is 1670. The maximum Gasteiger partial charge on any atom is 0.269 e. The van der Waals surface area contributed by atoms with Crippen LogP contribution in [0.15, 0.2) is 60.7 Å². The highest BCUT2D eigenvalue weighted by atomic mass is 28.4. The van der Waals surface area contributed by atoms with E-state index in [0.717, 1.165) is 41.5 Å². The van der Waals surface area contributed by atoms with Crippen molar-refractivity contribution in [3.63, 3.8) is 0 Å². The fourth-order valence-corrected chi connectivity index (χ4v) is 23.9. The Morgan fingerprint density at radius 3 is 1.28 bits per heavy atom. The van der Waals surface area contributed by atoms with Crippen molar-refractivity contribution in [2.75, 3.05) is 13.2 Å². The summed E-state index contributed by atoms with van der Waals surface area (Å²) in [5.41, 5.74) is 5.98. The molecule has 3 aromatic rings. The predicted molar refractivity (Wildman–Crippen MR) is 254 cm³/mol. The average Bonchev–Trinajstić information content (AvgIpc) is 3.13. The summed E-state index contributed by atoms with van der Waals surface area (Å²) in [4.78, 5) is 25.6. The van der Waals surface area contributed by atoms with Crippen molar-refractivity contribution in [1.29, 1.82) is 0 Å². The van der Waals surface area contributed by atoms with Gasteiger partial charge in [0.2, 0.25) is 0 Å². The van der Waals surface area contributed by atoms with E-state index >= 15 is 0 Å². The molecule has 0 heterocycles. The third-order valence-electron chi connectivity index (χ3n) is 10.0. The lowest BCUT2D eigenvalue weighted by atomic mass is 10.1. The first kappa shape index (κ1) is 49.6. The average molecular weight is 867 g/mol. The van der Waals surface area contributed by atoms with E-state index in [2.05, 4.69) is 76.3 Å². The summed E-state index contributed by atoms with van der Waals surface area (Å²) in [6.45, 7) is 24.6. The van der Waals surface area contributed by atoms with Gasteiger partial charge in [0, 0.05) is 11.1 Å². The molecule has 8 nitrogen and oxygen atoms in total. The van der Waals surface area contributed by atoms with Gasteiger partial charge in [-0.2, -0.15) is 0 Å². The van der Waals surface area contributed by atoms with Crippen LogP contribution in [0.2, 0.25) is 77.6 Å². The summed E-state index contributed by atoms with van der Waals surface area (Å²) in [6.07, 6.45) is 17.2. The standard InChI is InChI=1S/C46H78N2O6Si4/c1-55(2,3)53-57(7,8)35-23-19-15-12-11-13-17-22-34-52-44-32-29-40-37-42(26-25-41(40)38-44)46(50)48-47-45(49)39-27-30-43(31-28-39)51-33-21-18-14-16-20-24-36-58(9,10)54-56(4,5)6/h25-32,37-38H,11-24,33-36H2,1-10H3,(H,47,49)(H,48,50). The Balaban J connectivity index is 1.25. The third-order valence-corrected chi connectivity index (χ3v) is 22.5. The quantitative estimate of drug-likeness (QED) is 0.0429. The lowest BCUT2D eigenvalue weighted by Gasteiger charge is -2.31. The molecule has 0 bridgehead atoms. The van der Waals surface area contributed by atoms with Crippen LogP contribution in [0, 0.1) is 0 Å². The number of hydrogen-bond acceptors (Lipinski definition) is 6. The molecule has 2 N–H and O–H groups in total. The van der Waals surface area contributed by atoms with Gasteiger partial charge in [0.25, 0.3) is 11.8 Å². The second kappa shape index (κ2) is 24.5. The van der Waals surface area contributed by atoms with E-state index in [-0.39, 0.29) is 11.8 Å². The molecule has 0 aliphatic carbocycles. The summed E-state index contributed by atoms with van der Waals surface area (Å²) in [5, 5.41) is 1.93. The number of nitrogens with one attached hydrogen (secondary N) is 2. The number of benzene rings is 3. The summed E-state index contributed by atoms with van der Waals surface area (Å²) >= 11 is 0. The first-order chi connectivity index (χ1) is 27.3. The highest BCUT2D eigenvalue weighted by molar-refractivity contribution is 6.84. The fourth-order valence-electron chi connectivity index (χ4n) is 7.63. The maximum atomic E-state index is 12.9. The summed E-state index contributed by atoms with van der Waals surface area (Å²) in [6, 6.07) is 21.0. The van der Waals surface area contributed by atoms with Crippen molar-refractivity contribution >= 4 is 55.9 Å². The first-order valence-electron chi connectivity index (χ1n) is 22.2. The minimum Gasteiger partial charge on any atom is -0.494 e. The molecule has 0 saturated carbocycles. The summed E-state index contributed by atoms with van der Waals surface area (Å²) < 4.78 is 24.9. The molecule has 0 radical (unpaired) electrons. The highest BCUT2D eigenvalue weighted by Crippen LogP contribution is 2.25. The number of fused-ring (bicyclic) bond motifs is 1. The highest BCUT2D eigenvalue weighted by Gasteiger charge is 2.29. The Morgan fingerprint density at radius 1 is 0.431 bits per heavy atom. The minimum atomic E-state index is -1.52. The van der Waals surface area contributed by atoms with Crippen molar-refractivity contribution < 1.29 is 27.3 Å². The molecule has 2 amide bonds. The van der Waals surface area contributed by atoms with Gasteiger partial charge in [-0.1, -0.05) is 89.2 Å². The molecule has 0 aromatic heterocycles. The van der Waals surface area contributed by atoms with Crippen molar-refractivity contribution in [2.24, 2.45) is 0 Å². The lowest BCUT2D eigenvalue weighted by molar-refractivity contribution is 0.0846. The zero-order valence-corrected chi connectivity index (χ0v) is 42.0. The second-order valence-electron chi connectivity index (χ2n) is 19.3. The maximum absolute atomic E-state index is 12.9. The van der Waals surface area contributed by atoms with Crippen molar-refractivity contribution in [1.82, 2.24) is 10.9 Å². The van der Waals surface area contributed by atoms with E-state index in [4.69, 9.17) is 17.7 Å². The fraction of sp³-hybridized carbons (Fsp3) is 0.609. The van der Waals surface area contributed by atoms with E-state index in [9.17, 15) is 9.59 Å². The topological polar surface area (TPSA) is 95.1 Å². The van der Waals surface area contributed by atoms with Gasteiger partial charge in [0.15, 0.2) is 33.3 Å². The minimum absolute atomic E-state index is 0.380. The third kappa shape index (κ3) is 21.5. The number of ether oxygens (including phenoxy) is 2. The van der Waals surface area contributed by atoms with E-state index in [1.54, 1.807) is 30.3 Å². The van der Waals surface area contributed by atoms with Crippen LogP contribution in [-0.4, -0.2) is 58.3 Å². The number of amides is 2. The van der Waals surface area contributed by atoms with Crippen LogP contribution in [0.4, 0.5) is 0 Å². The zero-order chi connectivity index (χ0) is 42.7. The molecule has 0 fully saturated rings. The van der Waals surface area contributed by atoms with Crippen LogP contribution < -0.4 is 20.3 Å². The zero-order valence-electron chi connectivity index (χ0n) is 38.0. The van der Waals surface area contributed by atoms with E-state index in [0.29, 0.717) is 24.3 Å². The SMILES string of the molecule is C[Si](C)(C)O[Si](C)(C)CCCCCCCCCCOc1ccc2cc(C(=O)NNC(=O)c3ccc(OCCCCCCCC[Si](C)(C)O[Si](C)(C)C)cc3)ccc2c1. The van der Waals surface area contributed by atoms with Crippen LogP contribution >= 0.6 is 0 Å². The van der Waals surface area contributed by atoms with Crippen molar-refractivity contribution in [3.05, 3.63) is 71.8 Å². The predicted octanol–water partition coefficient (Wildman–Crippen LogP) is 13.2. The van der Waals surface area contributed by atoms with Crippen LogP contribution in [0.25, 0.3) is 10.8 Å². The monoisotopic (exact) mass is 866 g/mol. The molecule has 3 rings (SSSR count). The van der Waals surface area contributed by atoms with Crippen LogP contribution in [0.3, 0.4) is 0 Å². The largest absolute Gasteiger partial charge is 0.494 e. The number of unbranched alkanes of at least 4 members (excludes halogenated alkanes) is 12. The van der Waals surface area contributed by atoms with E-state index < -0.39 is 33.3 Å². The number of hydrogen-bond donors (Lipinski definition) is 2. The van der Waals surface area contributed by atoms with Crippen LogP contribution in [0.1, 0.15) is 111 Å². The van der Waals surface area contributed by atoms with Gasteiger partial charge in [0.1, 0.15) is 11.5 Å². The molecule has 58 heavy (non-hydrogen) atoms. The van der Waals surface area contributed by atoms with Gasteiger partial charge in [-0.3, -0.25) is 20.4 Å². The lowest BCUT2D eigenvalue weighted by Crippen LogP contribution is -2.42. The molecule has 0 saturated heterocycles. The molecule has 0 unspecified atom stereocenters. The molecule has 3 aromatic carbocycles. The number of hydrazine groups is 1. The molecule has 0 spiro atoms. The van der Waals surface area contributed by atoms with E-state index in [1.807, 2.05) is 30.3 Å². The number of carbonyl (C=O) groups is 2. The second-order valence-corrected chi connectivity index (χ2v) is 37.4. The molecule has 0 atom stereocenters. The molecule has 12 heteroatoms. The van der Waals surface area contributed by atoms with Crippen molar-refractivity contribution in [3.8, 4) is 11.5 Å². The number of carbonyl (C=O) groups excluding carboxylic acids is 2. The Kier molecular flexibility index (Phi) is 20.9. The molecule has 0 aliphatic rings. The van der Waals surface area contributed by atoms with Gasteiger partial charge in [0.05, 0.1) is 13.2 Å². The molecule has 0 aliphatic heterocycles. The number of rotatable bonds is 28. The smallest absolute Gasteiger partial charge is 0.269 e. The van der Waals surface area contributed by atoms with Gasteiger partial charge >= 0.3 is 0 Å².